The molecule has 1 aliphatic heterocycles. The van der Waals surface area contributed by atoms with Crippen molar-refractivity contribution in [2.45, 2.75) is 12.7 Å². The quantitative estimate of drug-likeness (QED) is 0.818. The van der Waals surface area contributed by atoms with Crippen LogP contribution >= 0.6 is 15.9 Å². The first-order valence-electron chi connectivity index (χ1n) is 6.79. The number of carboxylic acid groups (broad SMARTS) is 1. The van der Waals surface area contributed by atoms with Crippen LogP contribution in [0.4, 0.5) is 13.2 Å². The third-order valence-electron chi connectivity index (χ3n) is 3.07. The monoisotopic (exact) mass is 398 g/mol. The molecule has 0 aliphatic carbocycles. The summed E-state index contributed by atoms with van der Waals surface area (Å²) in [4.78, 5) is 11.4. The van der Waals surface area contributed by atoms with Crippen LogP contribution in [-0.2, 0) is 11.3 Å². The van der Waals surface area contributed by atoms with Crippen molar-refractivity contribution in [2.24, 2.45) is 0 Å². The number of alkyl halides is 3. The van der Waals surface area contributed by atoms with Crippen LogP contribution in [0, 0.1) is 0 Å². The van der Waals surface area contributed by atoms with Crippen molar-refractivity contribution >= 4 is 21.9 Å². The second-order valence-electron chi connectivity index (χ2n) is 4.80. The van der Waals surface area contributed by atoms with E-state index >= 15 is 0 Å². The Hall–Kier alpha value is -1.32. The average Bonchev–Trinajstić information content (AvgIpc) is 2.48. The van der Waals surface area contributed by atoms with Gasteiger partial charge in [0.2, 0.25) is 0 Å². The number of aliphatic carboxylic acids is 1. The fourth-order valence-corrected chi connectivity index (χ4v) is 2.52. The summed E-state index contributed by atoms with van der Waals surface area (Å²) in [6, 6.07) is 6.29. The zero-order chi connectivity index (χ0) is 17.5. The number of nitrogens with one attached hydrogen (secondary N) is 1. The predicted octanol–water partition coefficient (Wildman–Crippen LogP) is 2.50. The molecule has 1 aromatic carbocycles. The molecule has 1 aliphatic rings. The molecule has 2 rings (SSSR count). The average molecular weight is 399 g/mol. The van der Waals surface area contributed by atoms with Crippen LogP contribution in [0.2, 0.25) is 0 Å². The molecular weight excluding hydrogens is 381 g/mol. The standard InChI is InChI=1S/C12H17BrN2O.C2HF3O2/c1-16-12-3-2-10(8-11(12)13)9-15-6-4-14-5-7-15;3-2(4,5)1(6)7/h2-3,8,14H,4-7,9H2,1H3;(H,6,7). The van der Waals surface area contributed by atoms with Gasteiger partial charge in [0.1, 0.15) is 5.75 Å². The first-order chi connectivity index (χ1) is 10.7. The number of halogens is 4. The second kappa shape index (κ2) is 9.09. The van der Waals surface area contributed by atoms with E-state index in [0.717, 1.165) is 42.9 Å². The van der Waals surface area contributed by atoms with Gasteiger partial charge >= 0.3 is 12.1 Å². The topological polar surface area (TPSA) is 61.8 Å². The number of hydrogen-bond donors (Lipinski definition) is 2. The van der Waals surface area contributed by atoms with Crippen LogP contribution in [0.1, 0.15) is 5.56 Å². The van der Waals surface area contributed by atoms with Gasteiger partial charge in [-0.05, 0) is 33.6 Å². The maximum absolute atomic E-state index is 10.6. The van der Waals surface area contributed by atoms with Gasteiger partial charge in [-0.15, -0.1) is 0 Å². The second-order valence-corrected chi connectivity index (χ2v) is 5.65. The molecule has 1 fully saturated rings. The third kappa shape index (κ3) is 7.19. The van der Waals surface area contributed by atoms with E-state index < -0.39 is 12.1 Å². The van der Waals surface area contributed by atoms with E-state index in [2.05, 4.69) is 38.3 Å². The Morgan fingerprint density at radius 3 is 2.39 bits per heavy atom. The highest BCUT2D eigenvalue weighted by atomic mass is 79.9. The van der Waals surface area contributed by atoms with E-state index in [1.165, 1.54) is 5.56 Å². The van der Waals surface area contributed by atoms with E-state index in [1.54, 1.807) is 7.11 Å². The van der Waals surface area contributed by atoms with Crippen molar-refractivity contribution in [1.29, 1.82) is 0 Å². The molecular formula is C14H18BrF3N2O3. The van der Waals surface area contributed by atoms with Gasteiger partial charge in [-0.2, -0.15) is 13.2 Å². The van der Waals surface area contributed by atoms with Crippen LogP contribution in [0.15, 0.2) is 22.7 Å². The van der Waals surface area contributed by atoms with Crippen molar-refractivity contribution in [1.82, 2.24) is 10.2 Å². The summed E-state index contributed by atoms with van der Waals surface area (Å²) in [6.45, 7) is 5.46. The highest BCUT2D eigenvalue weighted by Crippen LogP contribution is 2.26. The molecule has 0 saturated carbocycles. The summed E-state index contributed by atoms with van der Waals surface area (Å²) >= 11 is 3.52. The van der Waals surface area contributed by atoms with Gasteiger partial charge < -0.3 is 15.2 Å². The van der Waals surface area contributed by atoms with Gasteiger partial charge in [-0.25, -0.2) is 4.79 Å². The van der Waals surface area contributed by atoms with Gasteiger partial charge in [0.15, 0.2) is 0 Å². The SMILES string of the molecule is COc1ccc(CN2CCNCC2)cc1Br.O=C(O)C(F)(F)F. The van der Waals surface area contributed by atoms with Gasteiger partial charge in [-0.3, -0.25) is 4.90 Å². The fraction of sp³-hybridized carbons (Fsp3) is 0.500. The summed E-state index contributed by atoms with van der Waals surface area (Å²) in [6.07, 6.45) is -5.08. The summed E-state index contributed by atoms with van der Waals surface area (Å²) in [7, 11) is 1.69. The number of piperazine rings is 1. The minimum Gasteiger partial charge on any atom is -0.496 e. The third-order valence-corrected chi connectivity index (χ3v) is 3.69. The molecule has 5 nitrogen and oxygen atoms in total. The molecule has 0 aromatic heterocycles. The highest BCUT2D eigenvalue weighted by molar-refractivity contribution is 9.10. The smallest absolute Gasteiger partial charge is 0.490 e. The predicted molar refractivity (Wildman–Crippen MR) is 82.5 cm³/mol. The Morgan fingerprint density at radius 2 is 1.96 bits per heavy atom. The van der Waals surface area contributed by atoms with Gasteiger partial charge in [0.05, 0.1) is 11.6 Å². The number of carbonyl (C=O) groups is 1. The van der Waals surface area contributed by atoms with Crippen LogP contribution in [0.25, 0.3) is 0 Å². The number of rotatable bonds is 3. The van der Waals surface area contributed by atoms with Crippen molar-refractivity contribution in [3.05, 3.63) is 28.2 Å². The number of carboxylic acids is 1. The number of nitrogens with zero attached hydrogens (tertiary/aromatic N) is 1. The fourth-order valence-electron chi connectivity index (χ4n) is 1.94. The molecule has 0 spiro atoms. The van der Waals surface area contributed by atoms with E-state index in [4.69, 9.17) is 14.6 Å². The molecule has 2 N–H and O–H groups in total. The van der Waals surface area contributed by atoms with Gasteiger partial charge in [0.25, 0.3) is 0 Å². The minimum atomic E-state index is -5.08. The number of benzene rings is 1. The number of hydrogen-bond acceptors (Lipinski definition) is 4. The van der Waals surface area contributed by atoms with Crippen molar-refractivity contribution in [3.8, 4) is 5.75 Å². The maximum Gasteiger partial charge on any atom is 0.490 e. The Bertz CT molecular complexity index is 520. The normalized spacial score (nSPS) is 15.5. The van der Waals surface area contributed by atoms with E-state index in [-0.39, 0.29) is 0 Å². The molecule has 0 atom stereocenters. The van der Waals surface area contributed by atoms with Gasteiger partial charge in [-0.1, -0.05) is 6.07 Å². The van der Waals surface area contributed by atoms with E-state index in [1.807, 2.05) is 6.07 Å². The Balaban J connectivity index is 0.000000322. The lowest BCUT2D eigenvalue weighted by Crippen LogP contribution is -2.42. The molecule has 130 valence electrons. The van der Waals surface area contributed by atoms with Crippen molar-refractivity contribution in [3.63, 3.8) is 0 Å². The number of ether oxygens (including phenoxy) is 1. The lowest BCUT2D eigenvalue weighted by molar-refractivity contribution is -0.192. The van der Waals surface area contributed by atoms with E-state index in [9.17, 15) is 13.2 Å². The first kappa shape index (κ1) is 19.7. The maximum atomic E-state index is 10.6. The summed E-state index contributed by atoms with van der Waals surface area (Å²) in [5.41, 5.74) is 1.33. The minimum absolute atomic E-state index is 0.893. The Kier molecular flexibility index (Phi) is 7.80. The van der Waals surface area contributed by atoms with Crippen molar-refractivity contribution < 1.29 is 27.8 Å². The molecule has 1 aromatic rings. The first-order valence-corrected chi connectivity index (χ1v) is 7.59. The summed E-state index contributed by atoms with van der Waals surface area (Å²) in [5, 5.41) is 10.5. The van der Waals surface area contributed by atoms with Crippen LogP contribution in [0.5, 0.6) is 5.75 Å². The Morgan fingerprint density at radius 1 is 1.39 bits per heavy atom. The molecule has 0 amide bonds. The molecule has 0 radical (unpaired) electrons. The molecule has 1 heterocycles. The zero-order valence-electron chi connectivity index (χ0n) is 12.5. The highest BCUT2D eigenvalue weighted by Gasteiger charge is 2.38. The van der Waals surface area contributed by atoms with Gasteiger partial charge in [0, 0.05) is 32.7 Å². The number of methoxy groups -OCH3 is 1. The van der Waals surface area contributed by atoms with Crippen LogP contribution in [0.3, 0.4) is 0 Å². The summed E-state index contributed by atoms with van der Waals surface area (Å²) < 4.78 is 38.0. The molecule has 1 saturated heterocycles. The molecule has 9 heteroatoms. The van der Waals surface area contributed by atoms with E-state index in [0.29, 0.717) is 0 Å². The lowest BCUT2D eigenvalue weighted by atomic mass is 10.2. The summed E-state index contributed by atoms with van der Waals surface area (Å²) in [5.74, 6) is -1.86. The molecule has 23 heavy (non-hydrogen) atoms. The van der Waals surface area contributed by atoms with Crippen molar-refractivity contribution in [2.75, 3.05) is 33.3 Å². The lowest BCUT2D eigenvalue weighted by Gasteiger charge is -2.27. The zero-order valence-corrected chi connectivity index (χ0v) is 14.1. The largest absolute Gasteiger partial charge is 0.496 e. The Labute approximate surface area is 140 Å². The molecule has 0 unspecified atom stereocenters. The van der Waals surface area contributed by atoms with Crippen LogP contribution in [-0.4, -0.2) is 55.4 Å². The molecule has 0 bridgehead atoms. The van der Waals surface area contributed by atoms with Crippen LogP contribution < -0.4 is 10.1 Å².